The maximum absolute atomic E-state index is 11.7. The van der Waals surface area contributed by atoms with Gasteiger partial charge in [0.1, 0.15) is 10.8 Å². The van der Waals surface area contributed by atoms with Crippen molar-refractivity contribution in [1.29, 1.82) is 0 Å². The average molecular weight is 628 g/mol. The number of halogens is 1. The SMILES string of the molecule is COc1cc(N2CCC(N3CCN(C(C)=O)CC3)CC2)ccc1Nc1ncc(Cl)c(Nc2ccccc2CNS(=O)[O-])n1. The van der Waals surface area contributed by atoms with Gasteiger partial charge in [-0.3, -0.25) is 13.9 Å². The van der Waals surface area contributed by atoms with E-state index in [1.165, 1.54) is 6.20 Å². The number of carbonyl (C=O) groups is 1. The number of piperidine rings is 1. The summed E-state index contributed by atoms with van der Waals surface area (Å²) in [6, 6.07) is 13.9. The summed E-state index contributed by atoms with van der Waals surface area (Å²) < 4.78 is 30.0. The highest BCUT2D eigenvalue weighted by Crippen LogP contribution is 2.34. The zero-order valence-electron chi connectivity index (χ0n) is 24.2. The van der Waals surface area contributed by atoms with E-state index in [4.69, 9.17) is 16.3 Å². The van der Waals surface area contributed by atoms with Crippen molar-refractivity contribution < 1.29 is 18.3 Å². The first-order valence-corrected chi connectivity index (χ1v) is 15.7. The largest absolute Gasteiger partial charge is 0.760 e. The van der Waals surface area contributed by atoms with Crippen LogP contribution in [0.4, 0.5) is 28.8 Å². The molecule has 3 N–H and O–H groups in total. The van der Waals surface area contributed by atoms with E-state index in [-0.39, 0.29) is 12.5 Å². The van der Waals surface area contributed by atoms with Gasteiger partial charge in [-0.1, -0.05) is 29.8 Å². The molecule has 1 aromatic heterocycles. The quantitative estimate of drug-likeness (QED) is 0.286. The molecule has 43 heavy (non-hydrogen) atoms. The Morgan fingerprint density at radius 3 is 2.51 bits per heavy atom. The molecule has 0 radical (unpaired) electrons. The first-order valence-electron chi connectivity index (χ1n) is 14.2. The Bertz CT molecular complexity index is 1450. The van der Waals surface area contributed by atoms with E-state index in [1.807, 2.05) is 41.3 Å². The van der Waals surface area contributed by atoms with Gasteiger partial charge in [-0.15, -0.1) is 0 Å². The van der Waals surface area contributed by atoms with Crippen LogP contribution >= 0.6 is 11.6 Å². The van der Waals surface area contributed by atoms with Crippen molar-refractivity contribution in [3.8, 4) is 5.75 Å². The predicted octanol–water partition coefficient (Wildman–Crippen LogP) is 3.64. The number of aromatic nitrogens is 2. The zero-order valence-corrected chi connectivity index (χ0v) is 25.8. The van der Waals surface area contributed by atoms with Gasteiger partial charge in [0.2, 0.25) is 11.9 Å². The Kier molecular flexibility index (Phi) is 10.3. The molecule has 1 unspecified atom stereocenters. The highest BCUT2D eigenvalue weighted by atomic mass is 35.5. The van der Waals surface area contributed by atoms with Crippen LogP contribution in [0.25, 0.3) is 0 Å². The Labute approximate surface area is 259 Å². The van der Waals surface area contributed by atoms with Gasteiger partial charge < -0.3 is 29.7 Å². The van der Waals surface area contributed by atoms with Gasteiger partial charge in [-0.05, 0) is 36.6 Å². The molecule has 0 aliphatic carbocycles. The molecule has 2 saturated heterocycles. The number of piperazine rings is 1. The molecule has 230 valence electrons. The molecule has 0 bridgehead atoms. The molecule has 5 rings (SSSR count). The maximum atomic E-state index is 11.7. The van der Waals surface area contributed by atoms with Crippen LogP contribution in [0.2, 0.25) is 5.02 Å². The van der Waals surface area contributed by atoms with Gasteiger partial charge in [0.05, 0.1) is 19.0 Å². The molecule has 14 heteroatoms. The van der Waals surface area contributed by atoms with Crippen LogP contribution in [0, 0.1) is 0 Å². The van der Waals surface area contributed by atoms with Gasteiger partial charge in [0.25, 0.3) is 0 Å². The number of rotatable bonds is 10. The van der Waals surface area contributed by atoms with E-state index in [2.05, 4.69) is 41.2 Å². The number of carbonyl (C=O) groups excluding carboxylic acids is 1. The van der Waals surface area contributed by atoms with Crippen molar-refractivity contribution in [2.24, 2.45) is 0 Å². The van der Waals surface area contributed by atoms with Crippen LogP contribution < -0.4 is 25.0 Å². The molecule has 2 fully saturated rings. The highest BCUT2D eigenvalue weighted by molar-refractivity contribution is 7.77. The van der Waals surface area contributed by atoms with Gasteiger partial charge in [0.15, 0.2) is 5.82 Å². The number of nitrogens with one attached hydrogen (secondary N) is 3. The standard InChI is InChI=1S/C29H37ClN8O4S/c1-20(39)36-13-15-38(16-14-36)22-9-11-37(12-10-22)23-7-8-26(27(17-23)42-2)34-29-31-19-24(30)28(35-29)33-25-6-4-3-5-21(25)18-32-43(40)41/h3-8,17,19,22,32H,9-16,18H2,1-2H3,(H,40,41)(H2,31,33,34,35)/p-1. The summed E-state index contributed by atoms with van der Waals surface area (Å²) in [7, 11) is 1.63. The number of nitrogens with zero attached hydrogens (tertiary/aromatic N) is 5. The molecule has 0 saturated carbocycles. The minimum Gasteiger partial charge on any atom is -0.760 e. The van der Waals surface area contributed by atoms with Crippen LogP contribution in [0.5, 0.6) is 5.75 Å². The van der Waals surface area contributed by atoms with Crippen molar-refractivity contribution in [3.63, 3.8) is 0 Å². The molecule has 1 atom stereocenters. The molecule has 1 amide bonds. The van der Waals surface area contributed by atoms with E-state index in [1.54, 1.807) is 14.0 Å². The third-order valence-electron chi connectivity index (χ3n) is 7.93. The lowest BCUT2D eigenvalue weighted by atomic mass is 10.0. The molecule has 2 aromatic carbocycles. The summed E-state index contributed by atoms with van der Waals surface area (Å²) >= 11 is 4.01. The summed E-state index contributed by atoms with van der Waals surface area (Å²) in [4.78, 5) is 27.4. The first kappa shape index (κ1) is 31.0. The van der Waals surface area contributed by atoms with Crippen LogP contribution in [0.15, 0.2) is 48.7 Å². The van der Waals surface area contributed by atoms with Crippen molar-refractivity contribution in [1.82, 2.24) is 24.5 Å². The van der Waals surface area contributed by atoms with Crippen molar-refractivity contribution in [2.45, 2.75) is 32.4 Å². The lowest BCUT2D eigenvalue weighted by Crippen LogP contribution is -2.54. The Balaban J connectivity index is 1.22. The molecule has 3 heterocycles. The second-order valence-electron chi connectivity index (χ2n) is 10.5. The summed E-state index contributed by atoms with van der Waals surface area (Å²) in [5, 5.41) is 6.73. The Morgan fingerprint density at radius 1 is 1.07 bits per heavy atom. The second-order valence-corrected chi connectivity index (χ2v) is 11.7. The third-order valence-corrected chi connectivity index (χ3v) is 8.59. The number of anilines is 5. The molecular weight excluding hydrogens is 592 g/mol. The molecule has 2 aliphatic rings. The fourth-order valence-electron chi connectivity index (χ4n) is 5.57. The van der Waals surface area contributed by atoms with E-state index in [0.717, 1.165) is 63.4 Å². The second kappa shape index (κ2) is 14.3. The first-order chi connectivity index (χ1) is 20.8. The number of amides is 1. The number of methoxy groups -OCH3 is 1. The lowest BCUT2D eigenvalue weighted by molar-refractivity contribution is -0.130. The molecular formula is C29H36ClN8O4S-. The minimum absolute atomic E-state index is 0.117. The Hall–Kier alpha value is -3.49. The normalized spacial score (nSPS) is 17.0. The van der Waals surface area contributed by atoms with Crippen molar-refractivity contribution in [3.05, 3.63) is 59.2 Å². The van der Waals surface area contributed by atoms with E-state index < -0.39 is 11.3 Å². The predicted molar refractivity (Wildman–Crippen MR) is 168 cm³/mol. The van der Waals surface area contributed by atoms with Crippen LogP contribution in [-0.2, 0) is 22.6 Å². The topological polar surface area (TPSA) is 138 Å². The van der Waals surface area contributed by atoms with Gasteiger partial charge in [-0.2, -0.15) is 4.98 Å². The highest BCUT2D eigenvalue weighted by Gasteiger charge is 2.28. The summed E-state index contributed by atoms with van der Waals surface area (Å²) in [5.74, 6) is 1.51. The number of hydrogen-bond acceptors (Lipinski definition) is 10. The third kappa shape index (κ3) is 7.92. The molecule has 12 nitrogen and oxygen atoms in total. The number of ether oxygens (including phenoxy) is 1. The van der Waals surface area contributed by atoms with Crippen molar-refractivity contribution in [2.75, 3.05) is 61.9 Å². The number of benzene rings is 2. The zero-order chi connectivity index (χ0) is 30.3. The van der Waals surface area contributed by atoms with Gasteiger partial charge in [-0.25, -0.2) is 9.71 Å². The fourth-order valence-corrected chi connectivity index (χ4v) is 5.98. The summed E-state index contributed by atoms with van der Waals surface area (Å²) in [6.45, 7) is 7.17. The average Bonchev–Trinajstić information content (AvgIpc) is 3.02. The van der Waals surface area contributed by atoms with Crippen LogP contribution in [0.3, 0.4) is 0 Å². The van der Waals surface area contributed by atoms with Gasteiger partial charge >= 0.3 is 0 Å². The Morgan fingerprint density at radius 2 is 1.81 bits per heavy atom. The van der Waals surface area contributed by atoms with Gasteiger partial charge in [0, 0.05) is 87.5 Å². The fraction of sp³-hybridized carbons (Fsp3) is 0.414. The minimum atomic E-state index is -2.38. The number of para-hydroxylation sites is 1. The lowest BCUT2D eigenvalue weighted by Gasteiger charge is -2.43. The van der Waals surface area contributed by atoms with Crippen molar-refractivity contribution >= 4 is 57.6 Å². The van der Waals surface area contributed by atoms with Crippen LogP contribution in [0.1, 0.15) is 25.3 Å². The van der Waals surface area contributed by atoms with Crippen LogP contribution in [-0.4, -0.2) is 86.9 Å². The molecule has 2 aliphatic heterocycles. The summed E-state index contributed by atoms with van der Waals surface area (Å²) in [5.41, 5.74) is 3.19. The van der Waals surface area contributed by atoms with E-state index in [0.29, 0.717) is 40.0 Å². The monoisotopic (exact) mass is 627 g/mol. The summed E-state index contributed by atoms with van der Waals surface area (Å²) in [6.07, 6.45) is 3.65. The molecule has 0 spiro atoms. The number of hydrogen-bond donors (Lipinski definition) is 3. The van der Waals surface area contributed by atoms with E-state index >= 15 is 0 Å². The smallest absolute Gasteiger partial charge is 0.229 e. The van der Waals surface area contributed by atoms with E-state index in [9.17, 15) is 13.6 Å². The molecule has 3 aromatic rings. The maximum Gasteiger partial charge on any atom is 0.229 e.